The number of amides is 2. The van der Waals surface area contributed by atoms with Gasteiger partial charge in [-0.2, -0.15) is 0 Å². The number of carbonyl (C=O) groups excluding carboxylic acids is 1. The van der Waals surface area contributed by atoms with E-state index in [1.54, 1.807) is 31.3 Å². The predicted octanol–water partition coefficient (Wildman–Crippen LogP) is 3.32. The lowest BCUT2D eigenvalue weighted by Crippen LogP contribution is -2.63. The van der Waals surface area contributed by atoms with Crippen LogP contribution in [0.25, 0.3) is 0 Å². The first kappa shape index (κ1) is 20.6. The number of nitrogens with one attached hydrogen (secondary N) is 1. The van der Waals surface area contributed by atoms with Gasteiger partial charge in [-0.15, -0.1) is 8.78 Å². The van der Waals surface area contributed by atoms with Gasteiger partial charge in [0, 0.05) is 29.9 Å². The zero-order valence-corrected chi connectivity index (χ0v) is 16.4. The van der Waals surface area contributed by atoms with Crippen LogP contribution in [0.15, 0.2) is 54.9 Å². The molecular weight excluding hydrogens is 412 g/mol. The Kier molecular flexibility index (Phi) is 5.00. The number of nitrogens with zero attached hydrogens (tertiary/aromatic N) is 2. The van der Waals surface area contributed by atoms with Gasteiger partial charge in [0.2, 0.25) is 0 Å². The molecule has 2 aliphatic heterocycles. The van der Waals surface area contributed by atoms with Crippen LogP contribution >= 0.6 is 0 Å². The van der Waals surface area contributed by atoms with Gasteiger partial charge in [0.05, 0.1) is 6.04 Å². The average molecular weight is 431 g/mol. The molecule has 3 heterocycles. The highest BCUT2D eigenvalue weighted by Crippen LogP contribution is 2.42. The highest BCUT2D eigenvalue weighted by molar-refractivity contribution is 5.88. The topological polar surface area (TPSA) is 101 Å². The van der Waals surface area contributed by atoms with E-state index in [4.69, 9.17) is 0 Å². The zero-order valence-electron chi connectivity index (χ0n) is 16.4. The van der Waals surface area contributed by atoms with Gasteiger partial charge in [-0.05, 0) is 36.8 Å². The molecule has 2 amide bonds. The van der Waals surface area contributed by atoms with Crippen LogP contribution in [0.4, 0.5) is 13.6 Å². The van der Waals surface area contributed by atoms with Gasteiger partial charge >= 0.3 is 18.3 Å². The van der Waals surface area contributed by atoms with Crippen LogP contribution in [0.1, 0.15) is 24.2 Å². The molecule has 3 atom stereocenters. The summed E-state index contributed by atoms with van der Waals surface area (Å²) in [4.78, 5) is 29.9. The Hall–Kier alpha value is -3.69. The number of carboxylic acids is 1. The third-order valence-corrected chi connectivity index (χ3v) is 5.29. The highest BCUT2D eigenvalue weighted by atomic mass is 19.3. The summed E-state index contributed by atoms with van der Waals surface area (Å²) in [6.45, 7) is 5.51. The first-order chi connectivity index (χ1) is 14.7. The van der Waals surface area contributed by atoms with Gasteiger partial charge < -0.3 is 19.9 Å². The molecule has 162 valence electrons. The van der Waals surface area contributed by atoms with Crippen LogP contribution in [0, 0.1) is 5.92 Å². The van der Waals surface area contributed by atoms with Crippen LogP contribution in [-0.2, 0) is 11.2 Å². The molecular formula is C21H19F2N3O5. The van der Waals surface area contributed by atoms with Crippen molar-refractivity contribution in [3.8, 4) is 11.5 Å². The third-order valence-electron chi connectivity index (χ3n) is 5.29. The molecule has 2 N–H and O–H groups in total. The first-order valence-electron chi connectivity index (χ1n) is 9.47. The van der Waals surface area contributed by atoms with Crippen molar-refractivity contribution in [2.75, 3.05) is 0 Å². The van der Waals surface area contributed by atoms with Gasteiger partial charge in [0.15, 0.2) is 11.5 Å². The minimum absolute atomic E-state index is 0.105. The van der Waals surface area contributed by atoms with Gasteiger partial charge in [-0.1, -0.05) is 18.7 Å². The number of carboxylic acid groups (broad SMARTS) is 1. The molecule has 10 heteroatoms. The van der Waals surface area contributed by atoms with Crippen molar-refractivity contribution in [2.24, 2.45) is 5.92 Å². The number of hydrogen-bond donors (Lipinski definition) is 2. The van der Waals surface area contributed by atoms with Crippen molar-refractivity contribution in [3.05, 3.63) is 66.1 Å². The van der Waals surface area contributed by atoms with Crippen molar-refractivity contribution in [1.82, 2.24) is 15.2 Å². The number of pyridine rings is 1. The fourth-order valence-corrected chi connectivity index (χ4v) is 3.72. The van der Waals surface area contributed by atoms with E-state index in [2.05, 4.69) is 26.4 Å². The lowest BCUT2D eigenvalue weighted by Gasteiger charge is -2.47. The Bertz CT molecular complexity index is 1050. The molecule has 2 aromatic rings. The summed E-state index contributed by atoms with van der Waals surface area (Å²) in [5.41, 5.74) is 1.55. The van der Waals surface area contributed by atoms with Crippen LogP contribution in [0.3, 0.4) is 0 Å². The second-order valence-electron chi connectivity index (χ2n) is 7.32. The van der Waals surface area contributed by atoms with E-state index in [1.807, 2.05) is 0 Å². The van der Waals surface area contributed by atoms with E-state index in [-0.39, 0.29) is 11.5 Å². The number of urea groups is 1. The lowest BCUT2D eigenvalue weighted by atomic mass is 9.81. The maximum atomic E-state index is 13.2. The molecule has 0 saturated carbocycles. The summed E-state index contributed by atoms with van der Waals surface area (Å²) in [6.07, 6.45) is -1.79. The molecule has 2 aliphatic rings. The smallest absolute Gasteiger partial charge is 0.480 e. The number of benzene rings is 1. The van der Waals surface area contributed by atoms with Crippen LogP contribution in [-0.4, -0.2) is 39.3 Å². The highest BCUT2D eigenvalue weighted by Gasteiger charge is 2.50. The normalized spacial score (nSPS) is 21.9. The minimum atomic E-state index is -3.74. The molecule has 4 rings (SSSR count). The molecule has 0 spiro atoms. The number of aliphatic carboxylic acids is 1. The second-order valence-corrected chi connectivity index (χ2v) is 7.32. The zero-order chi connectivity index (χ0) is 22.3. The summed E-state index contributed by atoms with van der Waals surface area (Å²) >= 11 is 0. The van der Waals surface area contributed by atoms with E-state index in [9.17, 15) is 23.5 Å². The van der Waals surface area contributed by atoms with Crippen molar-refractivity contribution >= 4 is 12.0 Å². The fraction of sp³-hybridized carbons (Fsp3) is 0.286. The van der Waals surface area contributed by atoms with Gasteiger partial charge in [-0.25, -0.2) is 9.59 Å². The quantitative estimate of drug-likeness (QED) is 0.753. The number of hydrogen-bond acceptors (Lipinski definition) is 5. The fourth-order valence-electron chi connectivity index (χ4n) is 3.72. The number of rotatable bonds is 5. The maximum absolute atomic E-state index is 13.2. The lowest BCUT2D eigenvalue weighted by molar-refractivity contribution is -0.286. The molecule has 1 saturated heterocycles. The molecule has 1 fully saturated rings. The maximum Gasteiger partial charge on any atom is 0.586 e. The van der Waals surface area contributed by atoms with Gasteiger partial charge in [0.25, 0.3) is 0 Å². The summed E-state index contributed by atoms with van der Waals surface area (Å²) in [6, 6.07) is 7.15. The molecule has 0 aliphatic carbocycles. The molecule has 31 heavy (non-hydrogen) atoms. The van der Waals surface area contributed by atoms with Crippen molar-refractivity contribution in [2.45, 2.75) is 31.7 Å². The summed E-state index contributed by atoms with van der Waals surface area (Å²) < 4.78 is 35.2. The molecule has 1 aromatic heterocycles. The number of carbonyl (C=O) groups is 2. The van der Waals surface area contributed by atoms with E-state index in [0.29, 0.717) is 23.4 Å². The molecule has 1 unspecified atom stereocenters. The van der Waals surface area contributed by atoms with E-state index in [1.165, 1.54) is 18.2 Å². The Morgan fingerprint density at radius 3 is 2.71 bits per heavy atom. The number of fused-ring (bicyclic) bond motifs is 1. The Morgan fingerprint density at radius 2 is 2.03 bits per heavy atom. The van der Waals surface area contributed by atoms with Crippen molar-refractivity contribution < 1.29 is 33.0 Å². The summed E-state index contributed by atoms with van der Waals surface area (Å²) in [5.74, 6) is -1.87. The molecule has 8 nitrogen and oxygen atoms in total. The van der Waals surface area contributed by atoms with Crippen LogP contribution < -0.4 is 14.8 Å². The van der Waals surface area contributed by atoms with Crippen LogP contribution in [0.5, 0.6) is 11.5 Å². The number of alkyl halides is 2. The van der Waals surface area contributed by atoms with Crippen molar-refractivity contribution in [1.29, 1.82) is 0 Å². The Morgan fingerprint density at radius 1 is 1.29 bits per heavy atom. The number of ether oxygens (including phenoxy) is 2. The Balaban J connectivity index is 1.44. The number of likely N-dealkylation sites (tertiary alicyclic amines) is 1. The molecule has 0 bridgehead atoms. The second kappa shape index (κ2) is 7.53. The Labute approximate surface area is 176 Å². The van der Waals surface area contributed by atoms with E-state index >= 15 is 0 Å². The number of aromatic nitrogens is 1. The minimum Gasteiger partial charge on any atom is -0.480 e. The van der Waals surface area contributed by atoms with Gasteiger partial charge in [-0.3, -0.25) is 9.88 Å². The first-order valence-corrected chi connectivity index (χ1v) is 9.47. The van der Waals surface area contributed by atoms with E-state index in [0.717, 1.165) is 4.90 Å². The number of halogens is 2. The molecule has 0 radical (unpaired) electrons. The largest absolute Gasteiger partial charge is 0.586 e. The van der Waals surface area contributed by atoms with Crippen molar-refractivity contribution in [3.63, 3.8) is 0 Å². The van der Waals surface area contributed by atoms with Crippen LogP contribution in [0.2, 0.25) is 0 Å². The standard InChI is InChI=1S/C21H19F2N3O5/c1-11(13-6-7-16-17(9-13)31-21(22,23)30-16)25-20(29)26-12(2)15(18(26)19(27)28)10-14-5-3-4-8-24-14/h3-9,11,15,18H,2,10H2,1H3,(H,25,29)(H,27,28)/t11-,15?,18+/m1/s1. The monoisotopic (exact) mass is 431 g/mol. The predicted molar refractivity (Wildman–Crippen MR) is 103 cm³/mol. The summed E-state index contributed by atoms with van der Waals surface area (Å²) in [5, 5.41) is 12.3. The molecule has 1 aromatic carbocycles. The average Bonchev–Trinajstić information content (AvgIpc) is 3.03. The third kappa shape index (κ3) is 3.88. The SMILES string of the molecule is C=C1C(Cc2ccccn2)[C@@H](C(=O)O)N1C(=O)N[C@H](C)c1ccc2c(c1)OC(F)(F)O2. The van der Waals surface area contributed by atoms with E-state index < -0.39 is 36.3 Å². The van der Waals surface area contributed by atoms with Gasteiger partial charge in [0.1, 0.15) is 6.04 Å². The summed E-state index contributed by atoms with van der Waals surface area (Å²) in [7, 11) is 0.